The van der Waals surface area contributed by atoms with Gasteiger partial charge in [0.05, 0.1) is 6.54 Å². The summed E-state index contributed by atoms with van der Waals surface area (Å²) >= 11 is 5.81. The Morgan fingerprint density at radius 2 is 1.75 bits per heavy atom. The summed E-state index contributed by atoms with van der Waals surface area (Å²) in [5.74, 6) is -0.656. The van der Waals surface area contributed by atoms with Gasteiger partial charge in [-0.05, 0) is 39.0 Å². The number of ether oxygens (including phenoxy) is 1. The Morgan fingerprint density at radius 1 is 1.08 bits per heavy atom. The molecule has 3 amide bonds. The van der Waals surface area contributed by atoms with Crippen molar-refractivity contribution in [3.63, 3.8) is 0 Å². The van der Waals surface area contributed by atoms with Crippen LogP contribution < -0.4 is 16.0 Å². The van der Waals surface area contributed by atoms with Crippen molar-refractivity contribution in [1.82, 2.24) is 16.0 Å². The van der Waals surface area contributed by atoms with Crippen molar-refractivity contribution in [2.24, 2.45) is 0 Å². The molecular formula is C16H22ClN3O4. The highest BCUT2D eigenvalue weighted by Gasteiger charge is 2.16. The van der Waals surface area contributed by atoms with Gasteiger partial charge in [-0.15, -0.1) is 0 Å². The van der Waals surface area contributed by atoms with E-state index in [0.717, 1.165) is 0 Å². The zero-order valence-electron chi connectivity index (χ0n) is 13.9. The van der Waals surface area contributed by atoms with Crippen LogP contribution in [0.3, 0.4) is 0 Å². The fourth-order valence-electron chi connectivity index (χ4n) is 1.64. The maximum Gasteiger partial charge on any atom is 0.408 e. The fraction of sp³-hybridized carbons (Fsp3) is 0.438. The largest absolute Gasteiger partial charge is 0.444 e. The highest BCUT2D eigenvalue weighted by Crippen LogP contribution is 2.10. The smallest absolute Gasteiger partial charge is 0.408 e. The molecule has 0 heterocycles. The summed E-state index contributed by atoms with van der Waals surface area (Å²) in [5.41, 5.74) is -0.175. The summed E-state index contributed by atoms with van der Waals surface area (Å²) in [6, 6.07) is 6.56. The molecule has 0 atom stereocenters. The molecule has 132 valence electrons. The van der Waals surface area contributed by atoms with Crippen LogP contribution in [0.4, 0.5) is 4.79 Å². The van der Waals surface area contributed by atoms with Crippen LogP contribution in [0.2, 0.25) is 5.02 Å². The number of rotatable bonds is 6. The summed E-state index contributed by atoms with van der Waals surface area (Å²) in [6.45, 7) is 5.49. The first-order valence-corrected chi connectivity index (χ1v) is 7.82. The number of benzene rings is 1. The van der Waals surface area contributed by atoms with Gasteiger partial charge in [-0.2, -0.15) is 0 Å². The summed E-state index contributed by atoms with van der Waals surface area (Å²) in [6.07, 6.45) is -0.660. The normalized spacial score (nSPS) is 10.7. The zero-order valence-corrected chi connectivity index (χ0v) is 14.7. The molecular weight excluding hydrogens is 334 g/mol. The van der Waals surface area contributed by atoms with Crippen LogP contribution >= 0.6 is 11.6 Å². The predicted molar refractivity (Wildman–Crippen MR) is 91.0 cm³/mol. The second-order valence-electron chi connectivity index (χ2n) is 5.97. The Kier molecular flexibility index (Phi) is 7.51. The molecule has 0 aromatic heterocycles. The molecule has 0 aliphatic rings. The van der Waals surface area contributed by atoms with Crippen LogP contribution in [-0.2, 0) is 9.53 Å². The van der Waals surface area contributed by atoms with Gasteiger partial charge in [-0.1, -0.05) is 17.7 Å². The lowest BCUT2D eigenvalue weighted by Crippen LogP contribution is -2.42. The number of carbonyl (C=O) groups is 3. The molecule has 8 heteroatoms. The summed E-state index contributed by atoms with van der Waals surface area (Å²) in [5, 5.41) is 8.04. The van der Waals surface area contributed by atoms with Crippen molar-refractivity contribution in [2.75, 3.05) is 19.6 Å². The van der Waals surface area contributed by atoms with E-state index in [0.29, 0.717) is 10.6 Å². The summed E-state index contributed by atoms with van der Waals surface area (Å²) in [4.78, 5) is 34.8. The van der Waals surface area contributed by atoms with E-state index in [1.807, 2.05) is 0 Å². The molecule has 0 fully saturated rings. The minimum atomic E-state index is -0.660. The Morgan fingerprint density at radius 3 is 2.38 bits per heavy atom. The monoisotopic (exact) mass is 355 g/mol. The number of hydrogen-bond donors (Lipinski definition) is 3. The topological polar surface area (TPSA) is 96.5 Å². The molecule has 0 saturated carbocycles. The van der Waals surface area contributed by atoms with Gasteiger partial charge in [0.15, 0.2) is 0 Å². The molecule has 0 spiro atoms. The molecule has 1 aromatic carbocycles. The fourth-order valence-corrected chi connectivity index (χ4v) is 1.83. The molecule has 0 radical (unpaired) electrons. The van der Waals surface area contributed by atoms with E-state index >= 15 is 0 Å². The Hall–Kier alpha value is -2.28. The third-order valence-electron chi connectivity index (χ3n) is 2.61. The molecule has 3 N–H and O–H groups in total. The van der Waals surface area contributed by atoms with Gasteiger partial charge in [0.25, 0.3) is 5.91 Å². The van der Waals surface area contributed by atoms with Gasteiger partial charge in [-0.25, -0.2) is 4.79 Å². The molecule has 0 aliphatic heterocycles. The lowest BCUT2D eigenvalue weighted by atomic mass is 10.2. The van der Waals surface area contributed by atoms with Gasteiger partial charge in [0.2, 0.25) is 5.91 Å². The minimum absolute atomic E-state index is 0.197. The van der Waals surface area contributed by atoms with Crippen LogP contribution in [0, 0.1) is 0 Å². The average Bonchev–Trinajstić information content (AvgIpc) is 2.47. The van der Waals surface area contributed by atoms with E-state index in [2.05, 4.69) is 16.0 Å². The number of nitrogens with one attached hydrogen (secondary N) is 3. The molecule has 0 saturated heterocycles. The first kappa shape index (κ1) is 19.8. The zero-order chi connectivity index (χ0) is 18.2. The van der Waals surface area contributed by atoms with E-state index in [-0.39, 0.29) is 31.4 Å². The lowest BCUT2D eigenvalue weighted by molar-refractivity contribution is -0.120. The number of halogens is 1. The standard InChI is InChI=1S/C16H22ClN3O4/c1-16(2,3)24-15(23)20-10-13(21)18-7-8-19-14(22)11-5-4-6-12(17)9-11/h4-6,9H,7-8,10H2,1-3H3,(H,18,21)(H,19,22)(H,20,23). The Balaban J connectivity index is 2.19. The molecule has 24 heavy (non-hydrogen) atoms. The van der Waals surface area contributed by atoms with Crippen molar-refractivity contribution >= 4 is 29.5 Å². The van der Waals surface area contributed by atoms with Crippen molar-refractivity contribution in [3.05, 3.63) is 34.9 Å². The first-order valence-electron chi connectivity index (χ1n) is 7.45. The predicted octanol–water partition coefficient (Wildman–Crippen LogP) is 1.71. The third kappa shape index (κ3) is 8.38. The van der Waals surface area contributed by atoms with Crippen LogP contribution in [0.1, 0.15) is 31.1 Å². The number of amides is 3. The molecule has 1 rings (SSSR count). The SMILES string of the molecule is CC(C)(C)OC(=O)NCC(=O)NCCNC(=O)c1cccc(Cl)c1. The van der Waals surface area contributed by atoms with Gasteiger partial charge < -0.3 is 20.7 Å². The Labute approximate surface area is 146 Å². The molecule has 0 unspecified atom stereocenters. The van der Waals surface area contributed by atoms with Crippen LogP contribution in [0.15, 0.2) is 24.3 Å². The van der Waals surface area contributed by atoms with E-state index < -0.39 is 11.7 Å². The highest BCUT2D eigenvalue weighted by atomic mass is 35.5. The van der Waals surface area contributed by atoms with E-state index in [4.69, 9.17) is 16.3 Å². The van der Waals surface area contributed by atoms with Crippen LogP contribution in [0.25, 0.3) is 0 Å². The second kappa shape index (κ2) is 9.12. The van der Waals surface area contributed by atoms with E-state index in [9.17, 15) is 14.4 Å². The van der Waals surface area contributed by atoms with Crippen molar-refractivity contribution < 1.29 is 19.1 Å². The summed E-state index contributed by atoms with van der Waals surface area (Å²) in [7, 11) is 0. The third-order valence-corrected chi connectivity index (χ3v) is 2.85. The second-order valence-corrected chi connectivity index (χ2v) is 6.41. The molecule has 0 aliphatic carbocycles. The van der Waals surface area contributed by atoms with Gasteiger partial charge in [0.1, 0.15) is 5.60 Å². The average molecular weight is 356 g/mol. The number of carbonyl (C=O) groups excluding carboxylic acids is 3. The molecule has 0 bridgehead atoms. The quantitative estimate of drug-likeness (QED) is 0.677. The maximum atomic E-state index is 11.8. The Bertz CT molecular complexity index is 599. The van der Waals surface area contributed by atoms with Crippen LogP contribution in [-0.4, -0.2) is 43.1 Å². The summed E-state index contributed by atoms with van der Waals surface area (Å²) < 4.78 is 5.01. The highest BCUT2D eigenvalue weighted by molar-refractivity contribution is 6.30. The van der Waals surface area contributed by atoms with Crippen molar-refractivity contribution in [1.29, 1.82) is 0 Å². The van der Waals surface area contributed by atoms with Crippen molar-refractivity contribution in [3.8, 4) is 0 Å². The molecule has 1 aromatic rings. The minimum Gasteiger partial charge on any atom is -0.444 e. The first-order chi connectivity index (χ1) is 11.2. The maximum absolute atomic E-state index is 11.8. The van der Waals surface area contributed by atoms with Gasteiger partial charge >= 0.3 is 6.09 Å². The van der Waals surface area contributed by atoms with Gasteiger partial charge in [0, 0.05) is 23.7 Å². The number of alkyl carbamates (subject to hydrolysis) is 1. The number of hydrogen-bond acceptors (Lipinski definition) is 4. The van der Waals surface area contributed by atoms with Crippen molar-refractivity contribution in [2.45, 2.75) is 26.4 Å². The molecule has 7 nitrogen and oxygen atoms in total. The van der Waals surface area contributed by atoms with Gasteiger partial charge in [-0.3, -0.25) is 9.59 Å². The van der Waals surface area contributed by atoms with E-state index in [1.165, 1.54) is 0 Å². The van der Waals surface area contributed by atoms with E-state index in [1.54, 1.807) is 45.0 Å². The lowest BCUT2D eigenvalue weighted by Gasteiger charge is -2.19. The van der Waals surface area contributed by atoms with Crippen LogP contribution in [0.5, 0.6) is 0 Å².